The fourth-order valence-corrected chi connectivity index (χ4v) is 3.86. The van der Waals surface area contributed by atoms with Gasteiger partial charge in [0, 0.05) is 15.7 Å². The van der Waals surface area contributed by atoms with E-state index in [1.54, 1.807) is 48.4 Å². The Bertz CT molecular complexity index is 1100. The minimum atomic E-state index is -0.770. The number of phenols is 1. The van der Waals surface area contributed by atoms with Crippen molar-refractivity contribution >= 4 is 50.5 Å². The SMILES string of the molecule is COc1ccc(N=Nc2ccc(O)c([C@@H]3[C@H](Cl)C(=O)N3c3ccc(Br)cc3)c2)cc1. The van der Waals surface area contributed by atoms with Gasteiger partial charge in [0.05, 0.1) is 24.5 Å². The number of alkyl halides is 1. The van der Waals surface area contributed by atoms with Gasteiger partial charge in [0.2, 0.25) is 5.91 Å². The molecular formula is C22H17BrClN3O3. The van der Waals surface area contributed by atoms with Crippen LogP contribution in [0.15, 0.2) is 81.4 Å². The van der Waals surface area contributed by atoms with Gasteiger partial charge in [-0.1, -0.05) is 15.9 Å². The number of methoxy groups -OCH3 is 1. The summed E-state index contributed by atoms with van der Waals surface area (Å²) in [5.41, 5.74) is 2.42. The first-order chi connectivity index (χ1) is 14.5. The number of amides is 1. The number of hydrogen-bond acceptors (Lipinski definition) is 5. The summed E-state index contributed by atoms with van der Waals surface area (Å²) in [7, 11) is 1.60. The maximum absolute atomic E-state index is 12.4. The van der Waals surface area contributed by atoms with E-state index < -0.39 is 11.4 Å². The van der Waals surface area contributed by atoms with Crippen molar-refractivity contribution in [3.8, 4) is 11.5 Å². The second kappa shape index (κ2) is 8.45. The summed E-state index contributed by atoms with van der Waals surface area (Å²) in [5, 5.41) is 18.1. The van der Waals surface area contributed by atoms with Gasteiger partial charge in [-0.2, -0.15) is 10.2 Å². The van der Waals surface area contributed by atoms with Crippen LogP contribution in [0.2, 0.25) is 0 Å². The maximum atomic E-state index is 12.4. The third kappa shape index (κ3) is 3.91. The highest BCUT2D eigenvalue weighted by molar-refractivity contribution is 9.10. The molecule has 3 aromatic carbocycles. The second-order valence-electron chi connectivity index (χ2n) is 6.67. The van der Waals surface area contributed by atoms with Crippen LogP contribution in [-0.2, 0) is 4.79 Å². The van der Waals surface area contributed by atoms with E-state index in [1.807, 2.05) is 24.3 Å². The van der Waals surface area contributed by atoms with E-state index in [0.717, 1.165) is 10.2 Å². The van der Waals surface area contributed by atoms with Gasteiger partial charge in [-0.15, -0.1) is 11.6 Å². The minimum absolute atomic E-state index is 0.0451. The first-order valence-electron chi connectivity index (χ1n) is 9.09. The number of hydrogen-bond donors (Lipinski definition) is 1. The van der Waals surface area contributed by atoms with Crippen LogP contribution in [0.3, 0.4) is 0 Å². The quantitative estimate of drug-likeness (QED) is 0.262. The van der Waals surface area contributed by atoms with Gasteiger partial charge in [-0.25, -0.2) is 0 Å². The van der Waals surface area contributed by atoms with Crippen molar-refractivity contribution < 1.29 is 14.6 Å². The smallest absolute Gasteiger partial charge is 0.248 e. The Labute approximate surface area is 186 Å². The normalized spacial score (nSPS) is 18.5. The summed E-state index contributed by atoms with van der Waals surface area (Å²) in [6.45, 7) is 0. The summed E-state index contributed by atoms with van der Waals surface area (Å²) >= 11 is 9.71. The number of anilines is 1. The summed E-state index contributed by atoms with van der Waals surface area (Å²) in [4.78, 5) is 14.0. The highest BCUT2D eigenvalue weighted by atomic mass is 79.9. The van der Waals surface area contributed by atoms with Gasteiger partial charge in [-0.3, -0.25) is 4.79 Å². The summed E-state index contributed by atoms with van der Waals surface area (Å²) in [6, 6.07) is 18.9. The zero-order valence-electron chi connectivity index (χ0n) is 15.9. The summed E-state index contributed by atoms with van der Waals surface area (Å²) in [5.74, 6) is 0.564. The molecule has 1 aliphatic rings. The Balaban J connectivity index is 1.62. The Morgan fingerprint density at radius 2 is 1.63 bits per heavy atom. The van der Waals surface area contributed by atoms with E-state index in [2.05, 4.69) is 26.2 Å². The number of carbonyl (C=O) groups excluding carboxylic acids is 1. The van der Waals surface area contributed by atoms with E-state index in [0.29, 0.717) is 22.6 Å². The third-order valence-corrected chi connectivity index (χ3v) is 5.77. The topological polar surface area (TPSA) is 74.5 Å². The minimum Gasteiger partial charge on any atom is -0.508 e. The van der Waals surface area contributed by atoms with Crippen molar-refractivity contribution in [2.45, 2.75) is 11.4 Å². The number of rotatable bonds is 5. The van der Waals surface area contributed by atoms with E-state index in [1.165, 1.54) is 6.07 Å². The van der Waals surface area contributed by atoms with E-state index >= 15 is 0 Å². The molecule has 0 bridgehead atoms. The van der Waals surface area contributed by atoms with Crippen molar-refractivity contribution in [1.29, 1.82) is 0 Å². The van der Waals surface area contributed by atoms with Crippen LogP contribution in [0.1, 0.15) is 11.6 Å². The Morgan fingerprint density at radius 3 is 2.30 bits per heavy atom. The number of phenolic OH excluding ortho intramolecular Hbond substituents is 1. The van der Waals surface area contributed by atoms with Crippen LogP contribution in [-0.4, -0.2) is 23.5 Å². The van der Waals surface area contributed by atoms with Crippen LogP contribution in [0.25, 0.3) is 0 Å². The molecule has 1 fully saturated rings. The molecule has 1 heterocycles. The van der Waals surface area contributed by atoms with Gasteiger partial charge < -0.3 is 14.7 Å². The van der Waals surface area contributed by atoms with Crippen molar-refractivity contribution in [2.75, 3.05) is 12.0 Å². The Hall–Kier alpha value is -2.90. The number of azo groups is 1. The van der Waals surface area contributed by atoms with Gasteiger partial charge in [0.25, 0.3) is 0 Å². The summed E-state index contributed by atoms with van der Waals surface area (Å²) in [6.07, 6.45) is 0. The molecule has 1 N–H and O–H groups in total. The van der Waals surface area contributed by atoms with Gasteiger partial charge in [-0.05, 0) is 66.7 Å². The molecule has 0 aromatic heterocycles. The van der Waals surface area contributed by atoms with Crippen LogP contribution < -0.4 is 9.64 Å². The van der Waals surface area contributed by atoms with Gasteiger partial charge >= 0.3 is 0 Å². The number of β-lactam (4-membered cyclic amide) rings is 1. The maximum Gasteiger partial charge on any atom is 0.248 e. The largest absolute Gasteiger partial charge is 0.508 e. The lowest BCUT2D eigenvalue weighted by molar-refractivity contribution is -0.123. The van der Waals surface area contributed by atoms with Crippen molar-refractivity contribution in [1.82, 2.24) is 0 Å². The Kier molecular flexibility index (Phi) is 5.74. The second-order valence-corrected chi connectivity index (χ2v) is 8.06. The molecule has 8 heteroatoms. The number of ether oxygens (including phenoxy) is 1. The number of nitrogens with zero attached hydrogens (tertiary/aromatic N) is 3. The zero-order valence-corrected chi connectivity index (χ0v) is 18.2. The molecule has 30 heavy (non-hydrogen) atoms. The monoisotopic (exact) mass is 485 g/mol. The molecule has 6 nitrogen and oxygen atoms in total. The molecule has 2 atom stereocenters. The molecule has 4 rings (SSSR count). The average Bonchev–Trinajstić information content (AvgIpc) is 2.78. The molecule has 1 saturated heterocycles. The molecule has 0 aliphatic carbocycles. The highest BCUT2D eigenvalue weighted by Gasteiger charge is 2.49. The van der Waals surface area contributed by atoms with Crippen LogP contribution >= 0.6 is 27.5 Å². The van der Waals surface area contributed by atoms with Crippen LogP contribution in [0.4, 0.5) is 17.1 Å². The van der Waals surface area contributed by atoms with Gasteiger partial charge in [0.1, 0.15) is 16.9 Å². The molecule has 0 radical (unpaired) electrons. The fourth-order valence-electron chi connectivity index (χ4n) is 3.25. The lowest BCUT2D eigenvalue weighted by Crippen LogP contribution is -2.56. The van der Waals surface area contributed by atoms with Gasteiger partial charge in [0.15, 0.2) is 0 Å². The van der Waals surface area contributed by atoms with Crippen molar-refractivity contribution in [2.24, 2.45) is 10.2 Å². The van der Waals surface area contributed by atoms with Crippen molar-refractivity contribution in [3.63, 3.8) is 0 Å². The molecule has 1 aliphatic heterocycles. The van der Waals surface area contributed by atoms with E-state index in [9.17, 15) is 9.90 Å². The predicted molar refractivity (Wildman–Crippen MR) is 119 cm³/mol. The molecule has 0 saturated carbocycles. The predicted octanol–water partition coefficient (Wildman–Crippen LogP) is 6.27. The summed E-state index contributed by atoms with van der Waals surface area (Å²) < 4.78 is 6.04. The average molecular weight is 487 g/mol. The molecule has 152 valence electrons. The lowest BCUT2D eigenvalue weighted by Gasteiger charge is -2.44. The third-order valence-electron chi connectivity index (χ3n) is 4.82. The lowest BCUT2D eigenvalue weighted by atomic mass is 9.91. The van der Waals surface area contributed by atoms with E-state index in [4.69, 9.17) is 16.3 Å². The fraction of sp³-hybridized carbons (Fsp3) is 0.136. The number of benzene rings is 3. The van der Waals surface area contributed by atoms with Crippen molar-refractivity contribution in [3.05, 3.63) is 76.8 Å². The number of aromatic hydroxyl groups is 1. The molecule has 3 aromatic rings. The standard InChI is InChI=1S/C22H17BrClN3O3/c1-30-17-9-4-14(5-10-17)25-26-15-6-11-19(28)18(12-15)21-20(24)22(29)27(21)16-7-2-13(23)3-8-16/h2-12,20-21,28H,1H3/t20-,21+/m0/s1. The Morgan fingerprint density at radius 1 is 1.00 bits per heavy atom. The molecular weight excluding hydrogens is 470 g/mol. The highest BCUT2D eigenvalue weighted by Crippen LogP contribution is 2.46. The molecule has 1 amide bonds. The van der Waals surface area contributed by atoms with Crippen LogP contribution in [0.5, 0.6) is 11.5 Å². The first-order valence-corrected chi connectivity index (χ1v) is 10.3. The number of carbonyl (C=O) groups is 1. The van der Waals surface area contributed by atoms with E-state index in [-0.39, 0.29) is 11.7 Å². The number of halogens is 2. The van der Waals surface area contributed by atoms with Crippen LogP contribution in [0, 0.1) is 0 Å². The zero-order chi connectivity index (χ0) is 21.3. The molecule has 0 spiro atoms. The molecule has 0 unspecified atom stereocenters. The first kappa shape index (κ1) is 20.4.